The predicted molar refractivity (Wildman–Crippen MR) is 51.9 cm³/mol. The van der Waals surface area contributed by atoms with Crippen molar-refractivity contribution in [3.63, 3.8) is 0 Å². The summed E-state index contributed by atoms with van der Waals surface area (Å²) >= 11 is 0. The molecule has 1 N–H and O–H groups in total. The van der Waals surface area contributed by atoms with E-state index in [9.17, 15) is 0 Å². The summed E-state index contributed by atoms with van der Waals surface area (Å²) in [5.41, 5.74) is -0.352. The molecule has 1 fully saturated rings. The first-order valence-electron chi connectivity index (χ1n) is 5.07. The highest BCUT2D eigenvalue weighted by Crippen LogP contribution is 2.37. The number of rotatable bonds is 2. The molecule has 2 unspecified atom stereocenters. The van der Waals surface area contributed by atoms with E-state index >= 15 is 0 Å². The van der Waals surface area contributed by atoms with Gasteiger partial charge in [0, 0.05) is 0 Å². The van der Waals surface area contributed by atoms with Crippen LogP contribution in [-0.2, 0) is 10.3 Å². The van der Waals surface area contributed by atoms with E-state index in [-0.39, 0.29) is 18.3 Å². The van der Waals surface area contributed by atoms with Crippen LogP contribution in [0.5, 0.6) is 0 Å². The van der Waals surface area contributed by atoms with Gasteiger partial charge in [0.1, 0.15) is 11.4 Å². The van der Waals surface area contributed by atoms with E-state index in [1.165, 1.54) is 0 Å². The molecule has 1 aliphatic heterocycles. The maximum Gasteiger partial charge on any atom is 0.135 e. The van der Waals surface area contributed by atoms with Gasteiger partial charge in [0.25, 0.3) is 0 Å². The van der Waals surface area contributed by atoms with Crippen LogP contribution in [0.15, 0.2) is 22.8 Å². The second kappa shape index (κ2) is 3.75. The molecule has 14 heavy (non-hydrogen) atoms. The van der Waals surface area contributed by atoms with Crippen molar-refractivity contribution in [2.75, 3.05) is 6.61 Å². The highest BCUT2D eigenvalue weighted by molar-refractivity contribution is 5.09. The summed E-state index contributed by atoms with van der Waals surface area (Å²) in [5.74, 6) is 0.857. The summed E-state index contributed by atoms with van der Waals surface area (Å²) in [4.78, 5) is 0. The molecule has 3 nitrogen and oxygen atoms in total. The van der Waals surface area contributed by atoms with Crippen LogP contribution in [0.1, 0.15) is 31.9 Å². The van der Waals surface area contributed by atoms with Gasteiger partial charge < -0.3 is 14.3 Å². The van der Waals surface area contributed by atoms with Crippen molar-refractivity contribution in [3.8, 4) is 0 Å². The van der Waals surface area contributed by atoms with Crippen LogP contribution >= 0.6 is 0 Å². The Balaban J connectivity index is 2.15. The number of furan rings is 1. The first-order valence-corrected chi connectivity index (χ1v) is 5.07. The largest absolute Gasteiger partial charge is 0.466 e. The molecular weight excluding hydrogens is 180 g/mol. The van der Waals surface area contributed by atoms with Gasteiger partial charge >= 0.3 is 0 Å². The van der Waals surface area contributed by atoms with Crippen molar-refractivity contribution in [1.82, 2.24) is 0 Å². The normalized spacial score (nSPS) is 33.1. The van der Waals surface area contributed by atoms with Crippen molar-refractivity contribution < 1.29 is 14.3 Å². The molecule has 2 heterocycles. The fourth-order valence-corrected chi connectivity index (χ4v) is 2.04. The van der Waals surface area contributed by atoms with E-state index in [2.05, 4.69) is 0 Å². The van der Waals surface area contributed by atoms with Crippen LogP contribution in [0.2, 0.25) is 0 Å². The third-order valence-corrected chi connectivity index (χ3v) is 2.85. The molecule has 78 valence electrons. The van der Waals surface area contributed by atoms with Gasteiger partial charge in [0.15, 0.2) is 0 Å². The van der Waals surface area contributed by atoms with E-state index in [0.717, 1.165) is 25.0 Å². The zero-order valence-electron chi connectivity index (χ0n) is 8.40. The Morgan fingerprint density at radius 3 is 3.14 bits per heavy atom. The molecule has 3 heteroatoms. The molecule has 0 bridgehead atoms. The Hall–Kier alpha value is -0.800. The molecule has 1 aromatic rings. The van der Waals surface area contributed by atoms with Crippen molar-refractivity contribution >= 4 is 0 Å². The number of hydrogen-bond acceptors (Lipinski definition) is 3. The van der Waals surface area contributed by atoms with Crippen LogP contribution in [0, 0.1) is 0 Å². The Kier molecular flexibility index (Phi) is 2.61. The minimum atomic E-state index is -0.352. The van der Waals surface area contributed by atoms with Crippen molar-refractivity contribution in [2.45, 2.75) is 37.9 Å². The minimum absolute atomic E-state index is 0.0427. The molecule has 0 radical (unpaired) electrons. The Morgan fingerprint density at radius 1 is 1.64 bits per heavy atom. The minimum Gasteiger partial charge on any atom is -0.466 e. The summed E-state index contributed by atoms with van der Waals surface area (Å²) in [6.07, 6.45) is 4.58. The van der Waals surface area contributed by atoms with E-state index < -0.39 is 0 Å². The van der Waals surface area contributed by atoms with Gasteiger partial charge in [0.2, 0.25) is 0 Å². The van der Waals surface area contributed by atoms with E-state index in [1.807, 2.05) is 19.1 Å². The fraction of sp³-hybridized carbons (Fsp3) is 0.636. The molecule has 1 aliphatic rings. The number of ether oxygens (including phenoxy) is 1. The predicted octanol–water partition coefficient (Wildman–Crippen LogP) is 2.06. The summed E-state index contributed by atoms with van der Waals surface area (Å²) in [7, 11) is 0. The lowest BCUT2D eigenvalue weighted by Crippen LogP contribution is -2.37. The summed E-state index contributed by atoms with van der Waals surface area (Å²) < 4.78 is 11.2. The van der Waals surface area contributed by atoms with E-state index in [4.69, 9.17) is 14.3 Å². The molecule has 2 atom stereocenters. The number of aliphatic hydroxyl groups excluding tert-OH is 1. The zero-order chi connectivity index (χ0) is 10.0. The zero-order valence-corrected chi connectivity index (χ0v) is 8.40. The van der Waals surface area contributed by atoms with Crippen molar-refractivity contribution in [3.05, 3.63) is 24.2 Å². The first kappa shape index (κ1) is 9.74. The van der Waals surface area contributed by atoms with Gasteiger partial charge in [-0.3, -0.25) is 0 Å². The lowest BCUT2D eigenvalue weighted by molar-refractivity contribution is -0.146. The van der Waals surface area contributed by atoms with Crippen molar-refractivity contribution in [2.24, 2.45) is 0 Å². The molecule has 1 saturated heterocycles. The highest BCUT2D eigenvalue weighted by Gasteiger charge is 2.36. The molecule has 1 aromatic heterocycles. The fourth-order valence-electron chi connectivity index (χ4n) is 2.04. The second-order valence-electron chi connectivity index (χ2n) is 4.02. The number of aliphatic hydroxyl groups is 1. The van der Waals surface area contributed by atoms with Gasteiger partial charge in [-0.05, 0) is 38.3 Å². The van der Waals surface area contributed by atoms with Crippen LogP contribution in [0.25, 0.3) is 0 Å². The van der Waals surface area contributed by atoms with Gasteiger partial charge in [-0.2, -0.15) is 0 Å². The average Bonchev–Trinajstić information content (AvgIpc) is 2.71. The third-order valence-electron chi connectivity index (χ3n) is 2.85. The maximum absolute atomic E-state index is 9.07. The van der Waals surface area contributed by atoms with Crippen LogP contribution < -0.4 is 0 Å². The first-order chi connectivity index (χ1) is 6.74. The standard InChI is InChI=1S/C11H16O3/c1-11(10-5-3-7-13-10)6-2-4-9(8-12)14-11/h3,5,7,9,12H,2,4,6,8H2,1H3. The Labute approximate surface area is 83.7 Å². The van der Waals surface area contributed by atoms with Gasteiger partial charge in [-0.15, -0.1) is 0 Å². The van der Waals surface area contributed by atoms with Crippen molar-refractivity contribution in [1.29, 1.82) is 0 Å². The lowest BCUT2D eigenvalue weighted by Gasteiger charge is -2.36. The van der Waals surface area contributed by atoms with Crippen LogP contribution in [-0.4, -0.2) is 17.8 Å². The molecule has 0 aromatic carbocycles. The molecule has 2 rings (SSSR count). The Morgan fingerprint density at radius 2 is 2.50 bits per heavy atom. The van der Waals surface area contributed by atoms with E-state index in [0.29, 0.717) is 0 Å². The lowest BCUT2D eigenvalue weighted by atomic mass is 9.91. The average molecular weight is 196 g/mol. The summed E-state index contributed by atoms with van der Waals surface area (Å²) in [5, 5.41) is 9.07. The van der Waals surface area contributed by atoms with Gasteiger partial charge in [-0.1, -0.05) is 0 Å². The molecule has 0 amide bonds. The number of hydrogen-bond donors (Lipinski definition) is 1. The molecule has 0 aliphatic carbocycles. The third kappa shape index (κ3) is 1.70. The highest BCUT2D eigenvalue weighted by atomic mass is 16.5. The Bertz CT molecular complexity index is 281. The summed E-state index contributed by atoms with van der Waals surface area (Å²) in [6, 6.07) is 3.80. The molecular formula is C11H16O3. The maximum atomic E-state index is 9.07. The quantitative estimate of drug-likeness (QED) is 0.787. The second-order valence-corrected chi connectivity index (χ2v) is 4.02. The topological polar surface area (TPSA) is 42.6 Å². The van der Waals surface area contributed by atoms with Crippen LogP contribution in [0.4, 0.5) is 0 Å². The van der Waals surface area contributed by atoms with Gasteiger partial charge in [0.05, 0.1) is 19.0 Å². The molecule has 0 saturated carbocycles. The SMILES string of the molecule is CC1(c2ccco2)CCCC(CO)O1. The smallest absolute Gasteiger partial charge is 0.135 e. The van der Waals surface area contributed by atoms with E-state index in [1.54, 1.807) is 6.26 Å². The monoisotopic (exact) mass is 196 g/mol. The van der Waals surface area contributed by atoms with Crippen LogP contribution in [0.3, 0.4) is 0 Å². The van der Waals surface area contributed by atoms with Gasteiger partial charge in [-0.25, -0.2) is 0 Å². The molecule has 0 spiro atoms. The summed E-state index contributed by atoms with van der Waals surface area (Å²) in [6.45, 7) is 2.12.